The van der Waals surface area contributed by atoms with Crippen molar-refractivity contribution in [3.63, 3.8) is 0 Å². The summed E-state index contributed by atoms with van der Waals surface area (Å²) in [7, 11) is 0. The molecule has 11 heteroatoms. The number of nitro benzene ring substituents is 1. The number of non-ortho nitro benzene ring substituents is 1. The van der Waals surface area contributed by atoms with Crippen LogP contribution >= 0.6 is 23.4 Å². The first-order valence-corrected chi connectivity index (χ1v) is 9.27. The van der Waals surface area contributed by atoms with E-state index in [-0.39, 0.29) is 17.3 Å². The minimum absolute atomic E-state index is 0.0361. The zero-order valence-electron chi connectivity index (χ0n) is 13.9. The number of rotatable bonds is 8. The Morgan fingerprint density at radius 3 is 2.81 bits per heavy atom. The number of hydrogen-bond acceptors (Lipinski definition) is 7. The molecule has 0 saturated carbocycles. The standard InChI is InChI=1S/C16H15ClN6O3S/c17-10-7-13-15(20-8-10)22-16(21-13)27-9-14(24)19-6-5-18-11-1-3-12(4-2-11)23(25)26/h1-4,7-8,18H,5-6,9H2,(H,19,24)(H,20,21,22). The van der Waals surface area contributed by atoms with Crippen LogP contribution in [0, 0.1) is 10.1 Å². The number of carbonyl (C=O) groups excluding carboxylic acids is 1. The molecule has 3 rings (SSSR count). The SMILES string of the molecule is O=C(CSc1nc2ncc(Cl)cc2[nH]1)NCCNc1ccc([N+](=O)[O-])cc1. The number of pyridine rings is 1. The monoisotopic (exact) mass is 406 g/mol. The number of halogens is 1. The molecular formula is C16H15ClN6O3S. The Kier molecular flexibility index (Phi) is 6.09. The second kappa shape index (κ2) is 8.69. The second-order valence-electron chi connectivity index (χ2n) is 5.44. The van der Waals surface area contributed by atoms with Crippen molar-refractivity contribution in [2.24, 2.45) is 0 Å². The third-order valence-electron chi connectivity index (χ3n) is 3.48. The number of H-pyrrole nitrogens is 1. The van der Waals surface area contributed by atoms with E-state index in [0.717, 1.165) is 11.2 Å². The van der Waals surface area contributed by atoms with Gasteiger partial charge in [-0.05, 0) is 18.2 Å². The molecule has 2 aromatic heterocycles. The summed E-state index contributed by atoms with van der Waals surface area (Å²) in [5, 5.41) is 17.6. The first-order chi connectivity index (χ1) is 13.0. The summed E-state index contributed by atoms with van der Waals surface area (Å²) in [5.74, 6) is 0.0856. The fourth-order valence-corrected chi connectivity index (χ4v) is 3.08. The van der Waals surface area contributed by atoms with Gasteiger partial charge in [-0.3, -0.25) is 14.9 Å². The van der Waals surface area contributed by atoms with Crippen LogP contribution in [0.2, 0.25) is 5.02 Å². The van der Waals surface area contributed by atoms with E-state index in [2.05, 4.69) is 25.6 Å². The first kappa shape index (κ1) is 18.9. The van der Waals surface area contributed by atoms with Gasteiger partial charge in [0.15, 0.2) is 10.8 Å². The Hall–Kier alpha value is -2.85. The number of nitrogens with one attached hydrogen (secondary N) is 3. The van der Waals surface area contributed by atoms with Gasteiger partial charge in [-0.25, -0.2) is 9.97 Å². The quantitative estimate of drug-likeness (QED) is 0.227. The highest BCUT2D eigenvalue weighted by Gasteiger charge is 2.08. The van der Waals surface area contributed by atoms with E-state index in [1.807, 2.05) is 0 Å². The fourth-order valence-electron chi connectivity index (χ4n) is 2.22. The van der Waals surface area contributed by atoms with Crippen molar-refractivity contribution in [1.82, 2.24) is 20.3 Å². The zero-order valence-corrected chi connectivity index (χ0v) is 15.5. The van der Waals surface area contributed by atoms with Crippen LogP contribution < -0.4 is 10.6 Å². The van der Waals surface area contributed by atoms with E-state index < -0.39 is 4.92 Å². The number of benzene rings is 1. The molecule has 3 N–H and O–H groups in total. The van der Waals surface area contributed by atoms with Crippen molar-refractivity contribution in [3.05, 3.63) is 51.7 Å². The minimum Gasteiger partial charge on any atom is -0.383 e. The highest BCUT2D eigenvalue weighted by molar-refractivity contribution is 7.99. The Morgan fingerprint density at radius 1 is 1.30 bits per heavy atom. The van der Waals surface area contributed by atoms with Crippen molar-refractivity contribution in [3.8, 4) is 0 Å². The number of imidazole rings is 1. The van der Waals surface area contributed by atoms with Crippen LogP contribution in [-0.2, 0) is 4.79 Å². The topological polar surface area (TPSA) is 126 Å². The van der Waals surface area contributed by atoms with Crippen LogP contribution in [0.15, 0.2) is 41.7 Å². The molecule has 0 spiro atoms. The number of aromatic amines is 1. The Bertz CT molecular complexity index is 962. The van der Waals surface area contributed by atoms with Gasteiger partial charge in [-0.2, -0.15) is 0 Å². The molecule has 0 aliphatic carbocycles. The Balaban J connectivity index is 1.38. The summed E-state index contributed by atoms with van der Waals surface area (Å²) >= 11 is 7.15. The summed E-state index contributed by atoms with van der Waals surface area (Å²) < 4.78 is 0. The fraction of sp³-hybridized carbons (Fsp3) is 0.188. The van der Waals surface area contributed by atoms with E-state index in [1.54, 1.807) is 18.2 Å². The van der Waals surface area contributed by atoms with Gasteiger partial charge in [-0.15, -0.1) is 0 Å². The molecule has 0 fully saturated rings. The van der Waals surface area contributed by atoms with Gasteiger partial charge in [0.05, 0.1) is 21.2 Å². The molecule has 140 valence electrons. The van der Waals surface area contributed by atoms with E-state index in [9.17, 15) is 14.9 Å². The van der Waals surface area contributed by atoms with Crippen molar-refractivity contribution in [2.75, 3.05) is 24.2 Å². The lowest BCUT2D eigenvalue weighted by Crippen LogP contribution is -2.30. The predicted molar refractivity (Wildman–Crippen MR) is 104 cm³/mol. The summed E-state index contributed by atoms with van der Waals surface area (Å²) in [6.45, 7) is 0.926. The lowest BCUT2D eigenvalue weighted by Gasteiger charge is -2.07. The lowest BCUT2D eigenvalue weighted by atomic mass is 10.3. The molecular weight excluding hydrogens is 392 g/mol. The van der Waals surface area contributed by atoms with Crippen LogP contribution in [0.5, 0.6) is 0 Å². The molecule has 0 unspecified atom stereocenters. The van der Waals surface area contributed by atoms with E-state index in [4.69, 9.17) is 11.6 Å². The number of nitro groups is 1. The van der Waals surface area contributed by atoms with Crippen molar-refractivity contribution < 1.29 is 9.72 Å². The minimum atomic E-state index is -0.450. The Morgan fingerprint density at radius 2 is 2.07 bits per heavy atom. The molecule has 27 heavy (non-hydrogen) atoms. The van der Waals surface area contributed by atoms with Crippen LogP contribution in [0.25, 0.3) is 11.2 Å². The first-order valence-electron chi connectivity index (χ1n) is 7.90. The van der Waals surface area contributed by atoms with Crippen LogP contribution in [-0.4, -0.2) is 44.6 Å². The summed E-state index contributed by atoms with van der Waals surface area (Å²) in [5.41, 5.74) is 2.05. The second-order valence-corrected chi connectivity index (χ2v) is 6.84. The normalized spacial score (nSPS) is 10.7. The zero-order chi connectivity index (χ0) is 19.2. The summed E-state index contributed by atoms with van der Waals surface area (Å²) in [4.78, 5) is 33.5. The highest BCUT2D eigenvalue weighted by atomic mass is 35.5. The number of aromatic nitrogens is 3. The maximum absolute atomic E-state index is 11.9. The summed E-state index contributed by atoms with van der Waals surface area (Å²) in [6.07, 6.45) is 1.52. The van der Waals surface area contributed by atoms with Gasteiger partial charge in [0.2, 0.25) is 5.91 Å². The van der Waals surface area contributed by atoms with E-state index in [0.29, 0.717) is 28.9 Å². The third-order valence-corrected chi connectivity index (χ3v) is 4.56. The van der Waals surface area contributed by atoms with Crippen molar-refractivity contribution in [2.45, 2.75) is 5.16 Å². The lowest BCUT2D eigenvalue weighted by molar-refractivity contribution is -0.384. The van der Waals surface area contributed by atoms with E-state index in [1.165, 1.54) is 30.1 Å². The van der Waals surface area contributed by atoms with Gasteiger partial charge < -0.3 is 15.6 Å². The summed E-state index contributed by atoms with van der Waals surface area (Å²) in [6, 6.07) is 7.82. The molecule has 0 atom stereocenters. The van der Waals surface area contributed by atoms with Gasteiger partial charge in [0.25, 0.3) is 5.69 Å². The van der Waals surface area contributed by atoms with Crippen LogP contribution in [0.4, 0.5) is 11.4 Å². The molecule has 0 aliphatic rings. The van der Waals surface area contributed by atoms with Gasteiger partial charge >= 0.3 is 0 Å². The van der Waals surface area contributed by atoms with Crippen LogP contribution in [0.3, 0.4) is 0 Å². The van der Waals surface area contributed by atoms with Crippen LogP contribution in [0.1, 0.15) is 0 Å². The van der Waals surface area contributed by atoms with E-state index >= 15 is 0 Å². The third kappa shape index (κ3) is 5.31. The molecule has 0 saturated heterocycles. The Labute approximate surface area is 163 Å². The average Bonchev–Trinajstić information content (AvgIpc) is 3.06. The maximum atomic E-state index is 11.9. The average molecular weight is 407 g/mol. The van der Waals surface area contributed by atoms with Crippen molar-refractivity contribution in [1.29, 1.82) is 0 Å². The van der Waals surface area contributed by atoms with Gasteiger partial charge in [0, 0.05) is 37.1 Å². The van der Waals surface area contributed by atoms with Crippen molar-refractivity contribution >= 4 is 51.8 Å². The molecule has 0 bridgehead atoms. The maximum Gasteiger partial charge on any atom is 0.269 e. The molecule has 9 nitrogen and oxygen atoms in total. The number of nitrogens with zero attached hydrogens (tertiary/aromatic N) is 3. The molecule has 0 aliphatic heterocycles. The van der Waals surface area contributed by atoms with Gasteiger partial charge in [-0.1, -0.05) is 23.4 Å². The van der Waals surface area contributed by atoms with Gasteiger partial charge in [0.1, 0.15) is 0 Å². The smallest absolute Gasteiger partial charge is 0.269 e. The molecule has 3 aromatic rings. The molecule has 1 amide bonds. The number of carbonyl (C=O) groups is 1. The number of amides is 1. The predicted octanol–water partition coefficient (Wildman–Crippen LogP) is 2.84. The number of thioether (sulfide) groups is 1. The molecule has 2 heterocycles. The number of fused-ring (bicyclic) bond motifs is 1. The molecule has 1 aromatic carbocycles. The molecule has 0 radical (unpaired) electrons. The largest absolute Gasteiger partial charge is 0.383 e. The number of hydrogen-bond donors (Lipinski definition) is 3. The highest BCUT2D eigenvalue weighted by Crippen LogP contribution is 2.20. The number of anilines is 1.